The largest absolute Gasteiger partial charge is 0.324 e. The van der Waals surface area contributed by atoms with Crippen LogP contribution in [0.15, 0.2) is 40.2 Å². The van der Waals surface area contributed by atoms with Crippen LogP contribution in [0.1, 0.15) is 22.0 Å². The Morgan fingerprint density at radius 1 is 1.31 bits per heavy atom. The molecule has 1 atom stereocenters. The second kappa shape index (κ2) is 5.13. The number of halogens is 1. The third kappa shape index (κ3) is 2.73. The van der Waals surface area contributed by atoms with E-state index in [1.807, 2.05) is 6.07 Å². The van der Waals surface area contributed by atoms with Gasteiger partial charge in [-0.2, -0.15) is 0 Å². The average molecular weight is 296 g/mol. The van der Waals surface area contributed by atoms with E-state index in [9.17, 15) is 0 Å². The molecule has 1 heterocycles. The molecule has 0 aliphatic heterocycles. The molecule has 1 aromatic carbocycles. The molecule has 3 heteroatoms. The first-order valence-electron chi connectivity index (χ1n) is 5.22. The lowest BCUT2D eigenvalue weighted by atomic mass is 10.0. The average Bonchev–Trinajstić information content (AvgIpc) is 2.59. The highest BCUT2D eigenvalue weighted by molar-refractivity contribution is 9.11. The van der Waals surface area contributed by atoms with Crippen LogP contribution in [0, 0.1) is 6.92 Å². The summed E-state index contributed by atoms with van der Waals surface area (Å²) in [6.07, 6.45) is 0.894. The summed E-state index contributed by atoms with van der Waals surface area (Å²) in [7, 11) is 0. The highest BCUT2D eigenvalue weighted by Crippen LogP contribution is 2.30. The summed E-state index contributed by atoms with van der Waals surface area (Å²) >= 11 is 5.24. The van der Waals surface area contributed by atoms with Crippen molar-refractivity contribution in [2.75, 3.05) is 0 Å². The zero-order chi connectivity index (χ0) is 11.5. The van der Waals surface area contributed by atoms with Crippen LogP contribution in [0.3, 0.4) is 0 Å². The van der Waals surface area contributed by atoms with Gasteiger partial charge in [-0.3, -0.25) is 0 Å². The maximum atomic E-state index is 6.23. The molecule has 0 aliphatic carbocycles. The Labute approximate surface area is 108 Å². The van der Waals surface area contributed by atoms with Crippen LogP contribution >= 0.6 is 27.3 Å². The molecule has 0 aliphatic rings. The van der Waals surface area contributed by atoms with Crippen molar-refractivity contribution in [3.63, 3.8) is 0 Å². The number of aryl methyl sites for hydroxylation is 1. The van der Waals surface area contributed by atoms with Crippen molar-refractivity contribution in [3.05, 3.63) is 56.2 Å². The molecule has 1 aromatic heterocycles. The van der Waals surface area contributed by atoms with Gasteiger partial charge in [-0.05, 0) is 46.5 Å². The van der Waals surface area contributed by atoms with Gasteiger partial charge >= 0.3 is 0 Å². The number of rotatable bonds is 3. The minimum atomic E-state index is 0.0879. The number of hydrogen-bond donors (Lipinski definition) is 1. The number of hydrogen-bond acceptors (Lipinski definition) is 2. The summed E-state index contributed by atoms with van der Waals surface area (Å²) in [5.41, 5.74) is 8.77. The summed E-state index contributed by atoms with van der Waals surface area (Å²) in [5, 5.41) is 0. The van der Waals surface area contributed by atoms with E-state index in [2.05, 4.69) is 53.2 Å². The SMILES string of the molecule is Cc1sc(Br)cc1C(N)Cc1ccccc1. The normalized spacial score (nSPS) is 12.7. The zero-order valence-corrected chi connectivity index (χ0v) is 11.5. The Bertz CT molecular complexity index is 464. The van der Waals surface area contributed by atoms with Gasteiger partial charge in [0.05, 0.1) is 3.79 Å². The Balaban J connectivity index is 2.14. The summed E-state index contributed by atoms with van der Waals surface area (Å²) in [5.74, 6) is 0. The van der Waals surface area contributed by atoms with Crippen molar-refractivity contribution in [2.24, 2.45) is 5.73 Å². The van der Waals surface area contributed by atoms with Gasteiger partial charge in [0.1, 0.15) is 0 Å². The monoisotopic (exact) mass is 295 g/mol. The van der Waals surface area contributed by atoms with Crippen LogP contribution in [-0.4, -0.2) is 0 Å². The lowest BCUT2D eigenvalue weighted by Crippen LogP contribution is -2.13. The fourth-order valence-electron chi connectivity index (χ4n) is 1.80. The molecule has 2 N–H and O–H groups in total. The van der Waals surface area contributed by atoms with Gasteiger partial charge in [0, 0.05) is 10.9 Å². The molecular weight excluding hydrogens is 282 g/mol. The van der Waals surface area contributed by atoms with E-state index in [1.54, 1.807) is 11.3 Å². The molecule has 2 rings (SSSR count). The van der Waals surface area contributed by atoms with Crippen LogP contribution in [0.5, 0.6) is 0 Å². The molecule has 0 radical (unpaired) electrons. The Kier molecular flexibility index (Phi) is 3.79. The van der Waals surface area contributed by atoms with Crippen molar-refractivity contribution in [1.29, 1.82) is 0 Å². The first-order valence-corrected chi connectivity index (χ1v) is 6.83. The molecule has 1 unspecified atom stereocenters. The summed E-state index contributed by atoms with van der Waals surface area (Å²) in [6.45, 7) is 2.12. The summed E-state index contributed by atoms with van der Waals surface area (Å²) < 4.78 is 1.16. The van der Waals surface area contributed by atoms with Crippen molar-refractivity contribution in [1.82, 2.24) is 0 Å². The lowest BCUT2D eigenvalue weighted by Gasteiger charge is -2.11. The van der Waals surface area contributed by atoms with Crippen molar-refractivity contribution in [3.8, 4) is 0 Å². The fourth-order valence-corrected chi connectivity index (χ4v) is 3.59. The molecule has 0 amide bonds. The Morgan fingerprint density at radius 3 is 2.56 bits per heavy atom. The summed E-state index contributed by atoms with van der Waals surface area (Å²) in [6, 6.07) is 12.6. The van der Waals surface area contributed by atoms with Crippen LogP contribution in [0.4, 0.5) is 0 Å². The molecule has 1 nitrogen and oxygen atoms in total. The first-order chi connectivity index (χ1) is 7.66. The predicted molar refractivity (Wildman–Crippen MR) is 73.8 cm³/mol. The molecule has 16 heavy (non-hydrogen) atoms. The molecular formula is C13H14BrNS. The number of benzene rings is 1. The van der Waals surface area contributed by atoms with Gasteiger partial charge in [0.15, 0.2) is 0 Å². The van der Waals surface area contributed by atoms with Crippen LogP contribution in [0.25, 0.3) is 0 Å². The number of nitrogens with two attached hydrogens (primary N) is 1. The van der Waals surface area contributed by atoms with Crippen molar-refractivity contribution in [2.45, 2.75) is 19.4 Å². The van der Waals surface area contributed by atoms with Gasteiger partial charge in [-0.1, -0.05) is 30.3 Å². The van der Waals surface area contributed by atoms with Gasteiger partial charge in [0.2, 0.25) is 0 Å². The molecule has 0 saturated carbocycles. The molecule has 2 aromatic rings. The maximum Gasteiger partial charge on any atom is 0.0704 e. The Hall–Kier alpha value is -0.640. The van der Waals surface area contributed by atoms with Crippen molar-refractivity contribution >= 4 is 27.3 Å². The van der Waals surface area contributed by atoms with Crippen LogP contribution in [0.2, 0.25) is 0 Å². The maximum absolute atomic E-state index is 6.23. The molecule has 0 spiro atoms. The molecule has 0 bridgehead atoms. The fraction of sp³-hybridized carbons (Fsp3) is 0.231. The van der Waals surface area contributed by atoms with E-state index in [-0.39, 0.29) is 6.04 Å². The topological polar surface area (TPSA) is 26.0 Å². The van der Waals surface area contributed by atoms with Gasteiger partial charge < -0.3 is 5.73 Å². The van der Waals surface area contributed by atoms with E-state index in [1.165, 1.54) is 16.0 Å². The first kappa shape index (κ1) is 11.8. The smallest absolute Gasteiger partial charge is 0.0704 e. The predicted octanol–water partition coefficient (Wildman–Crippen LogP) is 4.06. The second-order valence-corrected chi connectivity index (χ2v) is 6.49. The molecule has 84 valence electrons. The third-order valence-electron chi connectivity index (χ3n) is 2.62. The van der Waals surface area contributed by atoms with E-state index in [0.717, 1.165) is 10.2 Å². The van der Waals surface area contributed by atoms with Gasteiger partial charge in [-0.25, -0.2) is 0 Å². The minimum absolute atomic E-state index is 0.0879. The molecule has 0 saturated heterocycles. The highest BCUT2D eigenvalue weighted by Gasteiger charge is 2.12. The van der Waals surface area contributed by atoms with Gasteiger partial charge in [0.25, 0.3) is 0 Å². The lowest BCUT2D eigenvalue weighted by molar-refractivity contribution is 0.720. The van der Waals surface area contributed by atoms with E-state index >= 15 is 0 Å². The van der Waals surface area contributed by atoms with E-state index in [0.29, 0.717) is 0 Å². The zero-order valence-electron chi connectivity index (χ0n) is 9.11. The second-order valence-electron chi connectivity index (χ2n) is 3.86. The Morgan fingerprint density at radius 2 is 2.00 bits per heavy atom. The van der Waals surface area contributed by atoms with Crippen LogP contribution in [-0.2, 0) is 6.42 Å². The van der Waals surface area contributed by atoms with Crippen molar-refractivity contribution < 1.29 is 0 Å². The third-order valence-corrected chi connectivity index (χ3v) is 4.19. The van der Waals surface area contributed by atoms with Crippen LogP contribution < -0.4 is 5.73 Å². The molecule has 0 fully saturated rings. The number of thiophene rings is 1. The highest BCUT2D eigenvalue weighted by atomic mass is 79.9. The standard InChI is InChI=1S/C13H14BrNS/c1-9-11(8-13(14)16-9)12(15)7-10-5-3-2-4-6-10/h2-6,8,12H,7,15H2,1H3. The van der Waals surface area contributed by atoms with E-state index < -0.39 is 0 Å². The quantitative estimate of drug-likeness (QED) is 0.908. The van der Waals surface area contributed by atoms with Gasteiger partial charge in [-0.15, -0.1) is 11.3 Å². The summed E-state index contributed by atoms with van der Waals surface area (Å²) in [4.78, 5) is 1.30. The van der Waals surface area contributed by atoms with E-state index in [4.69, 9.17) is 5.73 Å². The minimum Gasteiger partial charge on any atom is -0.324 e.